The van der Waals surface area contributed by atoms with E-state index in [4.69, 9.17) is 5.41 Å². The molecule has 0 aromatic heterocycles. The largest absolute Gasteiger partial charge is 0.312 e. The summed E-state index contributed by atoms with van der Waals surface area (Å²) in [6.07, 6.45) is 2.52. The Hall–Kier alpha value is -0.700. The van der Waals surface area contributed by atoms with Crippen LogP contribution in [0.2, 0.25) is 0 Å². The molecule has 0 spiro atoms. The number of piperidine rings is 1. The summed E-state index contributed by atoms with van der Waals surface area (Å²) < 4.78 is 0. The number of nitrogens with zero attached hydrogens (tertiary/aromatic N) is 2. The number of rotatable bonds is 1. The Bertz CT molecular complexity index is 174. The van der Waals surface area contributed by atoms with Crippen LogP contribution in [-0.2, 0) is 0 Å². The lowest BCUT2D eigenvalue weighted by Crippen LogP contribution is -2.39. The standard InChI is InChI=1S/C8H15N3/c1-10-8-3-4-11(2)6-7(8)5-9/h5,7,9H,3-4,6H2,1-2H3. The summed E-state index contributed by atoms with van der Waals surface area (Å²) in [4.78, 5) is 6.41. The van der Waals surface area contributed by atoms with Crippen molar-refractivity contribution in [2.45, 2.75) is 6.42 Å². The molecule has 1 heterocycles. The highest BCUT2D eigenvalue weighted by atomic mass is 15.1. The second-order valence-corrected chi connectivity index (χ2v) is 3.00. The van der Waals surface area contributed by atoms with Crippen molar-refractivity contribution >= 4 is 11.9 Å². The van der Waals surface area contributed by atoms with Crippen LogP contribution >= 0.6 is 0 Å². The highest BCUT2D eigenvalue weighted by molar-refractivity contribution is 5.98. The molecule has 3 nitrogen and oxygen atoms in total. The Morgan fingerprint density at radius 2 is 2.45 bits per heavy atom. The van der Waals surface area contributed by atoms with Crippen molar-refractivity contribution in [3.05, 3.63) is 0 Å². The fourth-order valence-corrected chi connectivity index (χ4v) is 1.45. The molecule has 1 fully saturated rings. The fraction of sp³-hybridized carbons (Fsp3) is 0.750. The number of hydrogen-bond donors (Lipinski definition) is 1. The fourth-order valence-electron chi connectivity index (χ4n) is 1.45. The number of likely N-dealkylation sites (tertiary alicyclic amines) is 1. The molecule has 0 bridgehead atoms. The van der Waals surface area contributed by atoms with Gasteiger partial charge in [-0.3, -0.25) is 4.99 Å². The molecule has 1 unspecified atom stereocenters. The van der Waals surface area contributed by atoms with Crippen LogP contribution in [0.4, 0.5) is 0 Å². The lowest BCUT2D eigenvalue weighted by molar-refractivity contribution is 0.318. The lowest BCUT2D eigenvalue weighted by Gasteiger charge is -2.28. The molecule has 1 atom stereocenters. The zero-order valence-corrected chi connectivity index (χ0v) is 7.17. The Morgan fingerprint density at radius 3 is 3.00 bits per heavy atom. The maximum atomic E-state index is 7.19. The van der Waals surface area contributed by atoms with E-state index in [2.05, 4.69) is 16.9 Å². The highest BCUT2D eigenvalue weighted by Crippen LogP contribution is 2.10. The first-order valence-corrected chi connectivity index (χ1v) is 3.92. The molecule has 0 amide bonds. The molecule has 1 N–H and O–H groups in total. The summed E-state index contributed by atoms with van der Waals surface area (Å²) >= 11 is 0. The van der Waals surface area contributed by atoms with Crippen LogP contribution in [0.1, 0.15) is 6.42 Å². The van der Waals surface area contributed by atoms with Crippen LogP contribution in [0.3, 0.4) is 0 Å². The molecule has 0 aliphatic carbocycles. The van der Waals surface area contributed by atoms with Crippen molar-refractivity contribution in [1.82, 2.24) is 4.90 Å². The minimum Gasteiger partial charge on any atom is -0.312 e. The first-order chi connectivity index (χ1) is 5.27. The monoisotopic (exact) mass is 153 g/mol. The average Bonchev–Trinajstić information content (AvgIpc) is 2.04. The average molecular weight is 153 g/mol. The van der Waals surface area contributed by atoms with Crippen molar-refractivity contribution in [3.63, 3.8) is 0 Å². The topological polar surface area (TPSA) is 39.5 Å². The van der Waals surface area contributed by atoms with E-state index >= 15 is 0 Å². The predicted molar refractivity (Wildman–Crippen MR) is 47.7 cm³/mol. The SMILES string of the molecule is CN=C1CCN(C)CC1C=N. The van der Waals surface area contributed by atoms with E-state index in [9.17, 15) is 0 Å². The Balaban J connectivity index is 2.62. The van der Waals surface area contributed by atoms with E-state index < -0.39 is 0 Å². The van der Waals surface area contributed by atoms with Crippen LogP contribution in [0.5, 0.6) is 0 Å². The molecule has 1 saturated heterocycles. The van der Waals surface area contributed by atoms with Gasteiger partial charge in [-0.2, -0.15) is 0 Å². The zero-order chi connectivity index (χ0) is 8.27. The van der Waals surface area contributed by atoms with Gasteiger partial charge in [0.05, 0.1) is 0 Å². The van der Waals surface area contributed by atoms with Gasteiger partial charge in [-0.1, -0.05) is 0 Å². The third-order valence-corrected chi connectivity index (χ3v) is 2.17. The van der Waals surface area contributed by atoms with Crippen LogP contribution in [0.25, 0.3) is 0 Å². The first kappa shape index (κ1) is 8.40. The van der Waals surface area contributed by atoms with Crippen molar-refractivity contribution in [1.29, 1.82) is 5.41 Å². The molecule has 1 aliphatic heterocycles. The second kappa shape index (κ2) is 3.62. The normalized spacial score (nSPS) is 30.7. The summed E-state index contributed by atoms with van der Waals surface area (Å²) in [5, 5.41) is 7.19. The molecule has 11 heavy (non-hydrogen) atoms. The van der Waals surface area contributed by atoms with E-state index in [1.165, 1.54) is 11.9 Å². The van der Waals surface area contributed by atoms with E-state index in [0.717, 1.165) is 19.5 Å². The van der Waals surface area contributed by atoms with Crippen molar-refractivity contribution in [2.24, 2.45) is 10.9 Å². The van der Waals surface area contributed by atoms with Crippen LogP contribution < -0.4 is 0 Å². The number of aliphatic imine (C=N–C) groups is 1. The van der Waals surface area contributed by atoms with E-state index in [-0.39, 0.29) is 5.92 Å². The molecule has 0 aromatic rings. The molecular weight excluding hydrogens is 138 g/mol. The van der Waals surface area contributed by atoms with E-state index in [1.807, 2.05) is 7.05 Å². The van der Waals surface area contributed by atoms with Crippen molar-refractivity contribution in [3.8, 4) is 0 Å². The van der Waals surface area contributed by atoms with Crippen molar-refractivity contribution in [2.75, 3.05) is 27.2 Å². The zero-order valence-electron chi connectivity index (χ0n) is 7.17. The maximum Gasteiger partial charge on any atom is 0.0443 e. The predicted octanol–water partition coefficient (Wildman–Crippen LogP) is 0.658. The third kappa shape index (κ3) is 1.87. The van der Waals surface area contributed by atoms with Gasteiger partial charge in [-0.05, 0) is 13.5 Å². The van der Waals surface area contributed by atoms with Crippen molar-refractivity contribution < 1.29 is 0 Å². The van der Waals surface area contributed by atoms with Gasteiger partial charge in [0.15, 0.2) is 0 Å². The van der Waals surface area contributed by atoms with Crippen LogP contribution in [-0.4, -0.2) is 44.0 Å². The smallest absolute Gasteiger partial charge is 0.0443 e. The molecule has 3 heteroatoms. The van der Waals surface area contributed by atoms with Gasteiger partial charge >= 0.3 is 0 Å². The number of nitrogens with one attached hydrogen (secondary N) is 1. The summed E-state index contributed by atoms with van der Waals surface area (Å²) in [6, 6.07) is 0. The minimum absolute atomic E-state index is 0.263. The van der Waals surface area contributed by atoms with Gasteiger partial charge < -0.3 is 10.3 Å². The minimum atomic E-state index is 0.263. The quantitative estimate of drug-likeness (QED) is 0.552. The van der Waals surface area contributed by atoms with Gasteiger partial charge in [0.2, 0.25) is 0 Å². The maximum absolute atomic E-state index is 7.19. The van der Waals surface area contributed by atoms with E-state index in [0.29, 0.717) is 0 Å². The summed E-state index contributed by atoms with van der Waals surface area (Å²) in [5.74, 6) is 0.263. The van der Waals surface area contributed by atoms with Gasteiger partial charge in [0.1, 0.15) is 0 Å². The van der Waals surface area contributed by atoms with Crippen LogP contribution in [0, 0.1) is 11.3 Å². The molecular formula is C8H15N3. The second-order valence-electron chi connectivity index (χ2n) is 3.00. The molecule has 62 valence electrons. The number of hydrogen-bond acceptors (Lipinski definition) is 3. The summed E-state index contributed by atoms with van der Waals surface area (Å²) in [5.41, 5.74) is 1.18. The molecule has 0 aromatic carbocycles. The van der Waals surface area contributed by atoms with Gasteiger partial charge in [0, 0.05) is 38.0 Å². The molecule has 0 saturated carbocycles. The third-order valence-electron chi connectivity index (χ3n) is 2.17. The lowest BCUT2D eigenvalue weighted by atomic mass is 9.97. The summed E-state index contributed by atoms with van der Waals surface area (Å²) in [6.45, 7) is 2.03. The molecule has 1 rings (SSSR count). The Labute approximate surface area is 67.6 Å². The van der Waals surface area contributed by atoms with Gasteiger partial charge in [-0.25, -0.2) is 0 Å². The van der Waals surface area contributed by atoms with Gasteiger partial charge in [-0.15, -0.1) is 0 Å². The first-order valence-electron chi connectivity index (χ1n) is 3.92. The highest BCUT2D eigenvalue weighted by Gasteiger charge is 2.20. The Kier molecular flexibility index (Phi) is 2.76. The molecule has 0 radical (unpaired) electrons. The van der Waals surface area contributed by atoms with Gasteiger partial charge in [0.25, 0.3) is 0 Å². The molecule has 1 aliphatic rings. The van der Waals surface area contributed by atoms with Crippen LogP contribution in [0.15, 0.2) is 4.99 Å². The Morgan fingerprint density at radius 1 is 1.73 bits per heavy atom. The van der Waals surface area contributed by atoms with E-state index in [1.54, 1.807) is 0 Å². The summed E-state index contributed by atoms with van der Waals surface area (Å²) in [7, 11) is 3.90.